The van der Waals surface area contributed by atoms with E-state index in [9.17, 15) is 9.18 Å². The van der Waals surface area contributed by atoms with Crippen LogP contribution in [0.1, 0.15) is 50.0 Å². The first kappa shape index (κ1) is 17.2. The largest absolute Gasteiger partial charge is 0.307 e. The minimum atomic E-state index is -0.360. The molecular formula is C18H23ClFNOS. The van der Waals surface area contributed by atoms with Crippen LogP contribution in [0.4, 0.5) is 4.39 Å². The molecule has 0 spiro atoms. The Morgan fingerprint density at radius 2 is 2.04 bits per heavy atom. The highest BCUT2D eigenvalue weighted by Gasteiger charge is 2.54. The molecule has 1 aromatic rings. The molecule has 2 aliphatic heterocycles. The average molecular weight is 356 g/mol. The first-order chi connectivity index (χ1) is 10.6. The number of fused-ring (bicyclic) bond motifs is 2. The molecule has 0 aromatic heterocycles. The van der Waals surface area contributed by atoms with E-state index >= 15 is 0 Å². The topological polar surface area (TPSA) is 29.1 Å². The number of piperidine rings is 1. The molecule has 2 heterocycles. The number of hydrogen-bond acceptors (Lipinski definition) is 3. The summed E-state index contributed by atoms with van der Waals surface area (Å²) in [4.78, 5) is 13.0. The minimum absolute atomic E-state index is 0. The molecule has 3 fully saturated rings. The summed E-state index contributed by atoms with van der Waals surface area (Å²) in [5.74, 6) is -0.232. The van der Waals surface area contributed by atoms with E-state index in [0.29, 0.717) is 16.9 Å². The zero-order chi connectivity index (χ0) is 15.3. The van der Waals surface area contributed by atoms with Crippen LogP contribution in [-0.4, -0.2) is 22.6 Å². The second-order valence-corrected chi connectivity index (χ2v) is 7.99. The number of rotatable bonds is 4. The molecule has 5 heteroatoms. The molecule has 1 saturated carbocycles. The molecule has 2 bridgehead atoms. The van der Waals surface area contributed by atoms with Gasteiger partial charge in [0.2, 0.25) is 0 Å². The number of Topliss-reactive ketones (excluding diaryl/α,β-unsaturated/α-hetero) is 1. The van der Waals surface area contributed by atoms with Gasteiger partial charge < -0.3 is 5.32 Å². The molecule has 1 aliphatic carbocycles. The Labute approximate surface area is 148 Å². The van der Waals surface area contributed by atoms with E-state index in [2.05, 4.69) is 5.32 Å². The van der Waals surface area contributed by atoms with Crippen LogP contribution >= 0.6 is 25.0 Å². The van der Waals surface area contributed by atoms with Gasteiger partial charge in [0.05, 0.1) is 5.92 Å². The van der Waals surface area contributed by atoms with Gasteiger partial charge in [0.15, 0.2) is 0 Å². The Balaban J connectivity index is 0.00000156. The van der Waals surface area contributed by atoms with Gasteiger partial charge in [-0.3, -0.25) is 4.79 Å². The van der Waals surface area contributed by atoms with E-state index in [1.165, 1.54) is 6.07 Å². The lowest BCUT2D eigenvalue weighted by Crippen LogP contribution is -2.56. The quantitative estimate of drug-likeness (QED) is 0.802. The maximum atomic E-state index is 14.5. The molecule has 3 aliphatic rings. The van der Waals surface area contributed by atoms with Gasteiger partial charge in [0, 0.05) is 28.3 Å². The lowest BCUT2D eigenvalue weighted by Gasteiger charge is -2.43. The lowest BCUT2D eigenvalue weighted by molar-refractivity contribution is -0.123. The van der Waals surface area contributed by atoms with Crippen molar-refractivity contribution in [2.45, 2.75) is 61.3 Å². The highest BCUT2D eigenvalue weighted by molar-refractivity contribution is 7.80. The molecule has 0 radical (unpaired) electrons. The summed E-state index contributed by atoms with van der Waals surface area (Å²) >= 11 is 4.70. The minimum Gasteiger partial charge on any atom is -0.307 e. The van der Waals surface area contributed by atoms with Crippen molar-refractivity contribution in [3.8, 4) is 0 Å². The first-order valence-electron chi connectivity index (χ1n) is 8.33. The Kier molecular flexibility index (Phi) is 4.78. The van der Waals surface area contributed by atoms with E-state index in [1.807, 2.05) is 6.07 Å². The number of benzene rings is 1. The van der Waals surface area contributed by atoms with E-state index in [-0.39, 0.29) is 41.4 Å². The first-order valence-corrected chi connectivity index (χ1v) is 8.85. The Bertz CT molecular complexity index is 608. The van der Waals surface area contributed by atoms with Crippen molar-refractivity contribution in [3.63, 3.8) is 0 Å². The Morgan fingerprint density at radius 1 is 1.30 bits per heavy atom. The van der Waals surface area contributed by atoms with Crippen molar-refractivity contribution in [1.82, 2.24) is 5.32 Å². The number of thiol groups is 1. The van der Waals surface area contributed by atoms with Crippen LogP contribution in [0, 0.1) is 11.7 Å². The number of carbonyl (C=O) groups is 1. The van der Waals surface area contributed by atoms with Crippen LogP contribution < -0.4 is 5.32 Å². The average Bonchev–Trinajstić information content (AvgIpc) is 3.27. The molecule has 126 valence electrons. The third-order valence-corrected chi connectivity index (χ3v) is 6.01. The van der Waals surface area contributed by atoms with Gasteiger partial charge in [0.1, 0.15) is 11.6 Å². The number of carbonyl (C=O) groups excluding carboxylic acids is 1. The molecule has 1 N–H and O–H groups in total. The summed E-state index contributed by atoms with van der Waals surface area (Å²) in [5.41, 5.74) is 0.284. The molecule has 2 saturated heterocycles. The number of hydrogen-bond donors (Lipinski definition) is 2. The summed E-state index contributed by atoms with van der Waals surface area (Å²) in [6.07, 6.45) is 5.85. The number of halogens is 2. The van der Waals surface area contributed by atoms with E-state index in [1.54, 1.807) is 12.1 Å². The SMILES string of the molecule is Cl.O=C(C1CC1)C(c1ccccc1F)C12CCC(CC(S)C1)N2. The van der Waals surface area contributed by atoms with E-state index in [4.69, 9.17) is 12.6 Å². The van der Waals surface area contributed by atoms with Crippen LogP contribution in [0.2, 0.25) is 0 Å². The number of nitrogens with one attached hydrogen (secondary N) is 1. The maximum absolute atomic E-state index is 14.5. The normalized spacial score (nSPS) is 33.8. The van der Waals surface area contributed by atoms with Crippen molar-refractivity contribution in [1.29, 1.82) is 0 Å². The summed E-state index contributed by atoms with van der Waals surface area (Å²) in [5, 5.41) is 3.99. The van der Waals surface area contributed by atoms with Crippen molar-refractivity contribution in [3.05, 3.63) is 35.6 Å². The van der Waals surface area contributed by atoms with Crippen molar-refractivity contribution < 1.29 is 9.18 Å². The maximum Gasteiger partial charge on any atom is 0.145 e. The molecule has 2 nitrogen and oxygen atoms in total. The van der Waals surface area contributed by atoms with Crippen LogP contribution in [0.3, 0.4) is 0 Å². The molecular weight excluding hydrogens is 333 g/mol. The van der Waals surface area contributed by atoms with Crippen LogP contribution in [0.15, 0.2) is 24.3 Å². The summed E-state index contributed by atoms with van der Waals surface area (Å²) < 4.78 is 14.5. The second kappa shape index (κ2) is 6.38. The standard InChI is InChI=1S/C18H22FNOS.ClH/c19-15-4-2-1-3-14(15)16(17(21)11-5-6-11)18-8-7-12(20-18)9-13(22)10-18;/h1-4,11-13,16,20,22H,5-10H2;1H. The zero-order valence-corrected chi connectivity index (χ0v) is 14.7. The highest BCUT2D eigenvalue weighted by Crippen LogP contribution is 2.49. The van der Waals surface area contributed by atoms with E-state index < -0.39 is 0 Å². The number of ketones is 1. The molecule has 4 rings (SSSR count). The summed E-state index contributed by atoms with van der Waals surface area (Å²) in [6.45, 7) is 0. The smallest absolute Gasteiger partial charge is 0.145 e. The van der Waals surface area contributed by atoms with Crippen LogP contribution in [-0.2, 0) is 4.79 Å². The second-order valence-electron chi connectivity index (χ2n) is 7.26. The summed E-state index contributed by atoms with van der Waals surface area (Å²) in [6, 6.07) is 7.24. The predicted octanol–water partition coefficient (Wildman–Crippen LogP) is 3.89. The molecule has 23 heavy (non-hydrogen) atoms. The highest BCUT2D eigenvalue weighted by atomic mass is 35.5. The predicted molar refractivity (Wildman–Crippen MR) is 95.0 cm³/mol. The Hall–Kier alpha value is -0.580. The molecule has 0 amide bonds. The monoisotopic (exact) mass is 355 g/mol. The van der Waals surface area contributed by atoms with Gasteiger partial charge in [-0.2, -0.15) is 12.6 Å². The third-order valence-electron chi connectivity index (χ3n) is 5.62. The summed E-state index contributed by atoms with van der Waals surface area (Å²) in [7, 11) is 0. The van der Waals surface area contributed by atoms with Gasteiger partial charge in [0.25, 0.3) is 0 Å². The fraction of sp³-hybridized carbons (Fsp3) is 0.611. The van der Waals surface area contributed by atoms with Crippen molar-refractivity contribution in [2.75, 3.05) is 0 Å². The van der Waals surface area contributed by atoms with Gasteiger partial charge in [-0.15, -0.1) is 12.4 Å². The van der Waals surface area contributed by atoms with E-state index in [0.717, 1.165) is 38.5 Å². The molecule has 1 aromatic carbocycles. The molecule has 4 unspecified atom stereocenters. The van der Waals surface area contributed by atoms with Gasteiger partial charge >= 0.3 is 0 Å². The van der Waals surface area contributed by atoms with Gasteiger partial charge in [-0.1, -0.05) is 18.2 Å². The zero-order valence-electron chi connectivity index (χ0n) is 13.0. The fourth-order valence-electron chi connectivity index (χ4n) is 4.53. The fourth-order valence-corrected chi connectivity index (χ4v) is 5.11. The van der Waals surface area contributed by atoms with Crippen LogP contribution in [0.5, 0.6) is 0 Å². The molecule has 4 atom stereocenters. The van der Waals surface area contributed by atoms with Crippen molar-refractivity contribution in [2.24, 2.45) is 5.92 Å². The Morgan fingerprint density at radius 3 is 2.74 bits per heavy atom. The van der Waals surface area contributed by atoms with Gasteiger partial charge in [-0.25, -0.2) is 4.39 Å². The third kappa shape index (κ3) is 3.06. The van der Waals surface area contributed by atoms with Crippen molar-refractivity contribution >= 4 is 30.8 Å². The van der Waals surface area contributed by atoms with Gasteiger partial charge in [-0.05, 0) is 44.6 Å². The van der Waals surface area contributed by atoms with Crippen LogP contribution in [0.25, 0.3) is 0 Å². The lowest BCUT2D eigenvalue weighted by atomic mass is 9.71.